The number of hydrogen-bond acceptors (Lipinski definition) is 5. The van der Waals surface area contributed by atoms with E-state index in [1.807, 2.05) is 19.0 Å². The van der Waals surface area contributed by atoms with Crippen LogP contribution in [0.4, 0.5) is 5.69 Å². The van der Waals surface area contributed by atoms with Gasteiger partial charge in [0.1, 0.15) is 6.54 Å². The van der Waals surface area contributed by atoms with Gasteiger partial charge in [-0.05, 0) is 32.9 Å². The molecule has 2 rings (SSSR count). The summed E-state index contributed by atoms with van der Waals surface area (Å²) >= 11 is 0. The number of nitrogens with two attached hydrogens (primary N) is 1. The number of nitrogens with zero attached hydrogens (tertiary/aromatic N) is 3. The van der Waals surface area contributed by atoms with E-state index < -0.39 is 0 Å². The van der Waals surface area contributed by atoms with E-state index in [1.54, 1.807) is 12.4 Å². The van der Waals surface area contributed by atoms with Gasteiger partial charge in [0, 0.05) is 31.7 Å². The minimum atomic E-state index is -0.102. The molecule has 1 heterocycles. The zero-order valence-corrected chi connectivity index (χ0v) is 16.9. The molecule has 1 saturated carbocycles. The molecule has 26 heavy (non-hydrogen) atoms. The lowest BCUT2D eigenvalue weighted by Gasteiger charge is -2.14. The predicted molar refractivity (Wildman–Crippen MR) is 107 cm³/mol. The van der Waals surface area contributed by atoms with E-state index in [2.05, 4.69) is 15.7 Å². The maximum absolute atomic E-state index is 12.1. The molecule has 2 amide bonds. The van der Waals surface area contributed by atoms with Crippen molar-refractivity contribution < 1.29 is 9.59 Å². The lowest BCUT2D eigenvalue weighted by molar-refractivity contribution is -0.122. The monoisotopic (exact) mass is 408 g/mol. The molecule has 1 aliphatic carbocycles. The molecule has 150 valence electrons. The molecule has 1 fully saturated rings. The van der Waals surface area contributed by atoms with Crippen LogP contribution < -0.4 is 16.4 Å². The minimum Gasteiger partial charge on any atom is -0.353 e. The Hall–Kier alpha value is -1.35. The van der Waals surface area contributed by atoms with Crippen molar-refractivity contribution in [1.82, 2.24) is 20.0 Å². The Morgan fingerprint density at radius 3 is 2.65 bits per heavy atom. The van der Waals surface area contributed by atoms with Gasteiger partial charge in [-0.15, -0.1) is 24.8 Å². The summed E-state index contributed by atoms with van der Waals surface area (Å²) in [7, 11) is 3.90. The van der Waals surface area contributed by atoms with Crippen LogP contribution in [-0.4, -0.2) is 59.7 Å². The Labute approximate surface area is 167 Å². The number of halogens is 2. The molecule has 4 N–H and O–H groups in total. The number of nitrogens with one attached hydrogen (secondary N) is 2. The van der Waals surface area contributed by atoms with Crippen molar-refractivity contribution in [2.75, 3.05) is 32.5 Å². The molecule has 0 bridgehead atoms. The summed E-state index contributed by atoms with van der Waals surface area (Å²) in [4.78, 5) is 25.9. The summed E-state index contributed by atoms with van der Waals surface area (Å²) in [5, 5.41) is 9.75. The Balaban J connectivity index is 0.00000312. The number of aromatic nitrogens is 2. The largest absolute Gasteiger partial charge is 0.353 e. The quantitative estimate of drug-likeness (QED) is 0.591. The molecular formula is C16H30Cl2N6O2. The molecule has 0 aliphatic heterocycles. The summed E-state index contributed by atoms with van der Waals surface area (Å²) < 4.78 is 1.52. The molecule has 0 spiro atoms. The molecule has 1 aromatic heterocycles. The Morgan fingerprint density at radius 1 is 1.31 bits per heavy atom. The highest BCUT2D eigenvalue weighted by atomic mass is 35.5. The van der Waals surface area contributed by atoms with Crippen LogP contribution >= 0.6 is 24.8 Å². The number of likely N-dealkylation sites (N-methyl/N-ethyl adjacent to an activating group) is 1. The van der Waals surface area contributed by atoms with E-state index in [1.165, 1.54) is 4.68 Å². The molecule has 2 atom stereocenters. The van der Waals surface area contributed by atoms with Crippen LogP contribution in [0.5, 0.6) is 0 Å². The topological polar surface area (TPSA) is 105 Å². The third-order valence-corrected chi connectivity index (χ3v) is 4.27. The molecule has 0 unspecified atom stereocenters. The van der Waals surface area contributed by atoms with Gasteiger partial charge in [0.25, 0.3) is 0 Å². The first-order valence-electron chi connectivity index (χ1n) is 8.43. The highest BCUT2D eigenvalue weighted by Crippen LogP contribution is 2.27. The van der Waals surface area contributed by atoms with Crippen LogP contribution in [0.1, 0.15) is 25.7 Å². The molecule has 0 saturated heterocycles. The first kappa shape index (κ1) is 24.7. The van der Waals surface area contributed by atoms with Gasteiger partial charge in [-0.25, -0.2) is 0 Å². The Kier molecular flexibility index (Phi) is 11.5. The molecule has 0 radical (unpaired) electrons. The van der Waals surface area contributed by atoms with Crippen molar-refractivity contribution in [1.29, 1.82) is 0 Å². The zero-order valence-electron chi connectivity index (χ0n) is 15.3. The van der Waals surface area contributed by atoms with Crippen LogP contribution in [0.3, 0.4) is 0 Å². The van der Waals surface area contributed by atoms with Crippen molar-refractivity contribution in [3.63, 3.8) is 0 Å². The summed E-state index contributed by atoms with van der Waals surface area (Å²) in [5.74, 6) is 0.115. The summed E-state index contributed by atoms with van der Waals surface area (Å²) in [6.45, 7) is 1.52. The van der Waals surface area contributed by atoms with Crippen LogP contribution in [-0.2, 0) is 16.1 Å². The third-order valence-electron chi connectivity index (χ3n) is 4.27. The third kappa shape index (κ3) is 8.35. The maximum atomic E-state index is 12.1. The van der Waals surface area contributed by atoms with E-state index >= 15 is 0 Å². The summed E-state index contributed by atoms with van der Waals surface area (Å²) in [5.41, 5.74) is 6.60. The Morgan fingerprint density at radius 2 is 2.04 bits per heavy atom. The lowest BCUT2D eigenvalue weighted by Crippen LogP contribution is -2.33. The second-order valence-electron chi connectivity index (χ2n) is 6.69. The number of carbonyl (C=O) groups excluding carboxylic acids is 2. The predicted octanol–water partition coefficient (Wildman–Crippen LogP) is 0.860. The SMILES string of the molecule is CN(C)CCNC(=O)Cn1cc(NC(=O)C[C@@H]2CCC[C@H]2N)cn1.Cl.Cl. The number of anilines is 1. The number of hydrogen-bond donors (Lipinski definition) is 3. The smallest absolute Gasteiger partial charge is 0.241 e. The van der Waals surface area contributed by atoms with Crippen molar-refractivity contribution in [3.8, 4) is 0 Å². The van der Waals surface area contributed by atoms with E-state index in [9.17, 15) is 9.59 Å². The first-order chi connectivity index (χ1) is 11.4. The first-order valence-corrected chi connectivity index (χ1v) is 8.43. The standard InChI is InChI=1S/C16H28N6O2.2ClH/c1-21(2)7-6-18-16(24)11-22-10-13(9-19-22)20-15(23)8-12-4-3-5-14(12)17;;/h9-10,12,14H,3-8,11,17H2,1-2H3,(H,18,24)(H,20,23);2*1H/t12-,14+;;/m0../s1. The fourth-order valence-corrected chi connectivity index (χ4v) is 2.91. The van der Waals surface area contributed by atoms with Crippen LogP contribution in [0.25, 0.3) is 0 Å². The zero-order chi connectivity index (χ0) is 17.5. The average Bonchev–Trinajstić information content (AvgIpc) is 3.08. The van der Waals surface area contributed by atoms with Crippen LogP contribution in [0.15, 0.2) is 12.4 Å². The normalized spacial score (nSPS) is 18.8. The molecular weight excluding hydrogens is 379 g/mol. The highest BCUT2D eigenvalue weighted by Gasteiger charge is 2.26. The van der Waals surface area contributed by atoms with Gasteiger partial charge >= 0.3 is 0 Å². The lowest BCUT2D eigenvalue weighted by atomic mass is 10.00. The molecule has 1 aliphatic rings. The van der Waals surface area contributed by atoms with Crippen molar-refractivity contribution in [2.45, 2.75) is 38.3 Å². The van der Waals surface area contributed by atoms with E-state index in [4.69, 9.17) is 5.73 Å². The van der Waals surface area contributed by atoms with Crippen molar-refractivity contribution >= 4 is 42.3 Å². The van der Waals surface area contributed by atoms with Crippen molar-refractivity contribution in [2.24, 2.45) is 11.7 Å². The average molecular weight is 409 g/mol. The number of amides is 2. The molecule has 8 nitrogen and oxygen atoms in total. The molecule has 10 heteroatoms. The van der Waals surface area contributed by atoms with Gasteiger partial charge in [0.05, 0.1) is 11.9 Å². The summed E-state index contributed by atoms with van der Waals surface area (Å²) in [6, 6.07) is 0.129. The van der Waals surface area contributed by atoms with Gasteiger partial charge in [-0.3, -0.25) is 14.3 Å². The number of rotatable bonds is 8. The van der Waals surface area contributed by atoms with E-state index in [0.717, 1.165) is 25.8 Å². The van der Waals surface area contributed by atoms with Crippen LogP contribution in [0, 0.1) is 5.92 Å². The molecule has 0 aromatic carbocycles. The van der Waals surface area contributed by atoms with Gasteiger partial charge in [0.2, 0.25) is 11.8 Å². The Bertz CT molecular complexity index is 567. The number of carbonyl (C=O) groups is 2. The second kappa shape index (κ2) is 12.1. The summed E-state index contributed by atoms with van der Waals surface area (Å²) in [6.07, 6.45) is 6.77. The fourth-order valence-electron chi connectivity index (χ4n) is 2.91. The minimum absolute atomic E-state index is 0. The highest BCUT2D eigenvalue weighted by molar-refractivity contribution is 5.90. The fraction of sp³-hybridized carbons (Fsp3) is 0.688. The van der Waals surface area contributed by atoms with E-state index in [-0.39, 0.29) is 55.1 Å². The van der Waals surface area contributed by atoms with Crippen molar-refractivity contribution in [3.05, 3.63) is 12.4 Å². The van der Waals surface area contributed by atoms with Gasteiger partial charge < -0.3 is 21.3 Å². The van der Waals surface area contributed by atoms with Gasteiger partial charge in [-0.2, -0.15) is 5.10 Å². The van der Waals surface area contributed by atoms with Crippen LogP contribution in [0.2, 0.25) is 0 Å². The second-order valence-corrected chi connectivity index (χ2v) is 6.69. The van der Waals surface area contributed by atoms with E-state index in [0.29, 0.717) is 18.7 Å². The van der Waals surface area contributed by atoms with Gasteiger partial charge in [0.15, 0.2) is 0 Å². The van der Waals surface area contributed by atoms with Gasteiger partial charge in [-0.1, -0.05) is 6.42 Å². The molecule has 1 aromatic rings. The maximum Gasteiger partial charge on any atom is 0.241 e.